The van der Waals surface area contributed by atoms with Crippen LogP contribution in [0, 0.1) is 0 Å². The fraction of sp³-hybridized carbons (Fsp3) is 0.933. The van der Waals surface area contributed by atoms with Crippen molar-refractivity contribution in [1.82, 2.24) is 4.90 Å². The lowest BCUT2D eigenvalue weighted by molar-refractivity contribution is -0.0537. The molecule has 5 nitrogen and oxygen atoms in total. The molecule has 0 aliphatic carbocycles. The second kappa shape index (κ2) is 5.90. The summed E-state index contributed by atoms with van der Waals surface area (Å²) >= 11 is 0. The minimum Gasteiger partial charge on any atom is -0.444 e. The maximum Gasteiger partial charge on any atom is 0.410 e. The van der Waals surface area contributed by atoms with E-state index in [1.807, 2.05) is 48.5 Å². The Hall–Kier alpha value is -0.810. The molecule has 0 aromatic carbocycles. The number of aliphatic hydroxyl groups is 1. The highest BCUT2D eigenvalue weighted by atomic mass is 16.6. The molecule has 1 amide bonds. The summed E-state index contributed by atoms with van der Waals surface area (Å²) < 4.78 is 11.2. The van der Waals surface area contributed by atoms with E-state index in [9.17, 15) is 9.90 Å². The van der Waals surface area contributed by atoms with Crippen LogP contribution in [0.25, 0.3) is 0 Å². The Kier molecular flexibility index (Phi) is 5.08. The lowest BCUT2D eigenvalue weighted by atomic mass is 10.1. The average Bonchev–Trinajstić information content (AvgIpc) is 2.46. The van der Waals surface area contributed by atoms with Gasteiger partial charge in [0, 0.05) is 6.04 Å². The summed E-state index contributed by atoms with van der Waals surface area (Å²) in [6, 6.07) is -0.396. The number of nitrogens with zero attached hydrogens (tertiary/aromatic N) is 1. The highest BCUT2D eigenvalue weighted by molar-refractivity contribution is 5.69. The first-order chi connectivity index (χ1) is 8.91. The zero-order valence-electron chi connectivity index (χ0n) is 13.8. The van der Waals surface area contributed by atoms with Gasteiger partial charge in [0.15, 0.2) is 0 Å². The number of rotatable bonds is 2. The van der Waals surface area contributed by atoms with Gasteiger partial charge in [0.1, 0.15) is 5.60 Å². The molecule has 5 heteroatoms. The normalized spacial score (nSPS) is 27.8. The summed E-state index contributed by atoms with van der Waals surface area (Å²) in [5.74, 6) is 0. The number of hydrogen-bond acceptors (Lipinski definition) is 4. The van der Waals surface area contributed by atoms with E-state index in [1.165, 1.54) is 0 Å². The summed E-state index contributed by atoms with van der Waals surface area (Å²) in [5.41, 5.74) is -0.842. The van der Waals surface area contributed by atoms with Gasteiger partial charge in [-0.3, -0.25) is 4.90 Å². The third-order valence-electron chi connectivity index (χ3n) is 3.15. The smallest absolute Gasteiger partial charge is 0.410 e. The van der Waals surface area contributed by atoms with Gasteiger partial charge in [-0.15, -0.1) is 0 Å². The van der Waals surface area contributed by atoms with Crippen LogP contribution in [-0.2, 0) is 9.47 Å². The Morgan fingerprint density at radius 2 is 1.75 bits per heavy atom. The van der Waals surface area contributed by atoms with Crippen molar-refractivity contribution in [2.24, 2.45) is 0 Å². The topological polar surface area (TPSA) is 59.0 Å². The van der Waals surface area contributed by atoms with Crippen LogP contribution >= 0.6 is 0 Å². The largest absolute Gasteiger partial charge is 0.444 e. The second-order valence-electron chi connectivity index (χ2n) is 7.53. The van der Waals surface area contributed by atoms with Crippen molar-refractivity contribution in [2.45, 2.75) is 84.3 Å². The summed E-state index contributed by atoms with van der Waals surface area (Å²) in [7, 11) is 0. The van der Waals surface area contributed by atoms with Crippen molar-refractivity contribution in [3.8, 4) is 0 Å². The number of hydrogen-bond donors (Lipinski definition) is 1. The fourth-order valence-electron chi connectivity index (χ4n) is 2.29. The molecule has 1 heterocycles. The van der Waals surface area contributed by atoms with Gasteiger partial charge in [0.2, 0.25) is 0 Å². The van der Waals surface area contributed by atoms with Crippen molar-refractivity contribution in [1.29, 1.82) is 0 Å². The van der Waals surface area contributed by atoms with Crippen LogP contribution in [0.15, 0.2) is 0 Å². The minimum absolute atomic E-state index is 0.0478. The zero-order chi connectivity index (χ0) is 15.7. The molecule has 0 radical (unpaired) electrons. The number of carbonyl (C=O) groups excluding carboxylic acids is 1. The lowest BCUT2D eigenvalue weighted by Crippen LogP contribution is -2.48. The number of ether oxygens (including phenoxy) is 2. The highest BCUT2D eigenvalue weighted by Gasteiger charge is 2.43. The van der Waals surface area contributed by atoms with Crippen molar-refractivity contribution in [3.63, 3.8) is 0 Å². The molecule has 118 valence electrons. The van der Waals surface area contributed by atoms with E-state index in [-0.39, 0.29) is 23.8 Å². The van der Waals surface area contributed by atoms with Crippen molar-refractivity contribution in [3.05, 3.63) is 0 Å². The standard InChI is InChI=1S/C15H29NO4/c1-10-8-12(17)11(9-19-14(2,3)4)16(10)13(18)20-15(5,6)7/h10-12,17H,8-9H2,1-7H3/t10-,11+,12-/m1/s1. The maximum atomic E-state index is 12.3. The molecule has 1 aliphatic heterocycles. The summed E-state index contributed by atoms with van der Waals surface area (Å²) in [5, 5.41) is 10.1. The van der Waals surface area contributed by atoms with Crippen LogP contribution in [-0.4, -0.2) is 52.1 Å². The van der Waals surface area contributed by atoms with Gasteiger partial charge in [-0.1, -0.05) is 0 Å². The van der Waals surface area contributed by atoms with Crippen LogP contribution in [0.1, 0.15) is 54.9 Å². The Labute approximate surface area is 122 Å². The quantitative estimate of drug-likeness (QED) is 0.848. The summed E-state index contributed by atoms with van der Waals surface area (Å²) in [4.78, 5) is 13.9. The van der Waals surface area contributed by atoms with Crippen LogP contribution in [0.3, 0.4) is 0 Å². The molecule has 0 aromatic heterocycles. The third kappa shape index (κ3) is 4.94. The van der Waals surface area contributed by atoms with Crippen LogP contribution in [0.2, 0.25) is 0 Å². The molecular weight excluding hydrogens is 258 g/mol. The van der Waals surface area contributed by atoms with E-state index in [4.69, 9.17) is 9.47 Å². The number of aliphatic hydroxyl groups excluding tert-OH is 1. The Morgan fingerprint density at radius 3 is 2.20 bits per heavy atom. The Balaban J connectivity index is 2.76. The number of amides is 1. The van der Waals surface area contributed by atoms with Gasteiger partial charge in [0.05, 0.1) is 24.4 Å². The van der Waals surface area contributed by atoms with Crippen molar-refractivity contribution < 1.29 is 19.4 Å². The van der Waals surface area contributed by atoms with E-state index in [0.717, 1.165) is 0 Å². The Bertz CT molecular complexity index is 343. The predicted octanol–water partition coefficient (Wildman–Crippen LogP) is 2.56. The molecule has 0 saturated carbocycles. The second-order valence-corrected chi connectivity index (χ2v) is 7.53. The molecular formula is C15H29NO4. The fourth-order valence-corrected chi connectivity index (χ4v) is 2.29. The van der Waals surface area contributed by atoms with E-state index in [1.54, 1.807) is 4.90 Å². The van der Waals surface area contributed by atoms with Crippen molar-refractivity contribution in [2.75, 3.05) is 6.61 Å². The average molecular weight is 287 g/mol. The van der Waals surface area contributed by atoms with Gasteiger partial charge >= 0.3 is 6.09 Å². The maximum absolute atomic E-state index is 12.3. The Morgan fingerprint density at radius 1 is 1.20 bits per heavy atom. The monoisotopic (exact) mass is 287 g/mol. The molecule has 0 aromatic rings. The van der Waals surface area contributed by atoms with Crippen molar-refractivity contribution >= 4 is 6.09 Å². The molecule has 1 saturated heterocycles. The molecule has 0 bridgehead atoms. The SMILES string of the molecule is C[C@@H]1C[C@@H](O)[C@H](COC(C)(C)C)N1C(=O)OC(C)(C)C. The van der Waals surface area contributed by atoms with Crippen LogP contribution < -0.4 is 0 Å². The lowest BCUT2D eigenvalue weighted by Gasteiger charge is -2.33. The van der Waals surface area contributed by atoms with Crippen LogP contribution in [0.5, 0.6) is 0 Å². The van der Waals surface area contributed by atoms with E-state index in [0.29, 0.717) is 13.0 Å². The minimum atomic E-state index is -0.570. The number of carbonyl (C=O) groups is 1. The van der Waals surface area contributed by atoms with Gasteiger partial charge in [0.25, 0.3) is 0 Å². The molecule has 1 N–H and O–H groups in total. The van der Waals surface area contributed by atoms with Gasteiger partial charge in [-0.25, -0.2) is 4.79 Å². The zero-order valence-corrected chi connectivity index (χ0v) is 13.8. The molecule has 20 heavy (non-hydrogen) atoms. The predicted molar refractivity (Wildman–Crippen MR) is 77.7 cm³/mol. The molecule has 1 rings (SSSR count). The first-order valence-electron chi connectivity index (χ1n) is 7.24. The van der Waals surface area contributed by atoms with E-state index in [2.05, 4.69) is 0 Å². The van der Waals surface area contributed by atoms with Crippen LogP contribution in [0.4, 0.5) is 4.79 Å². The first-order valence-corrected chi connectivity index (χ1v) is 7.24. The first kappa shape index (κ1) is 17.2. The summed E-state index contributed by atoms with van der Waals surface area (Å²) in [6.45, 7) is 13.6. The molecule has 3 atom stereocenters. The highest BCUT2D eigenvalue weighted by Crippen LogP contribution is 2.28. The van der Waals surface area contributed by atoms with E-state index >= 15 is 0 Å². The molecule has 0 spiro atoms. The molecule has 1 fully saturated rings. The van der Waals surface area contributed by atoms with E-state index < -0.39 is 11.7 Å². The molecule has 1 aliphatic rings. The number of likely N-dealkylation sites (tertiary alicyclic amines) is 1. The van der Waals surface area contributed by atoms with Gasteiger partial charge < -0.3 is 14.6 Å². The third-order valence-corrected chi connectivity index (χ3v) is 3.15. The summed E-state index contributed by atoms with van der Waals surface area (Å²) in [6.07, 6.45) is -0.402. The molecule has 0 unspecified atom stereocenters. The van der Waals surface area contributed by atoms with Gasteiger partial charge in [-0.05, 0) is 54.9 Å². The van der Waals surface area contributed by atoms with Gasteiger partial charge in [-0.2, -0.15) is 0 Å².